The molecule has 1 fully saturated rings. The molecule has 1 saturated heterocycles. The van der Waals surface area contributed by atoms with Gasteiger partial charge in [-0.3, -0.25) is 9.59 Å². The van der Waals surface area contributed by atoms with Crippen molar-refractivity contribution in [2.24, 2.45) is 0 Å². The number of rotatable bonds is 3. The van der Waals surface area contributed by atoms with E-state index in [4.69, 9.17) is 9.31 Å². The summed E-state index contributed by atoms with van der Waals surface area (Å²) in [5.41, 5.74) is 1.54. The molecule has 2 heterocycles. The summed E-state index contributed by atoms with van der Waals surface area (Å²) in [6.07, 6.45) is 2.75. The second-order valence-electron chi connectivity index (χ2n) is 8.13. The lowest BCUT2D eigenvalue weighted by Crippen LogP contribution is -2.41. The highest BCUT2D eigenvalue weighted by Gasteiger charge is 2.52. The maximum Gasteiger partial charge on any atom is 0.490 e. The van der Waals surface area contributed by atoms with Gasteiger partial charge >= 0.3 is 7.12 Å². The SMILES string of the molecule is CC(=O)Nc1cccc(C(=O)N2CC=C(B3OC(C)(C)C(C)(C)O3)CC2)c1. The van der Waals surface area contributed by atoms with Gasteiger partial charge in [-0.25, -0.2) is 0 Å². The molecule has 0 saturated carbocycles. The highest BCUT2D eigenvalue weighted by Crippen LogP contribution is 2.39. The Labute approximate surface area is 161 Å². The van der Waals surface area contributed by atoms with E-state index in [1.807, 2.05) is 33.8 Å². The zero-order chi connectivity index (χ0) is 19.8. The molecule has 0 bridgehead atoms. The number of amides is 2. The van der Waals surface area contributed by atoms with Crippen LogP contribution >= 0.6 is 0 Å². The van der Waals surface area contributed by atoms with E-state index in [0.717, 1.165) is 5.47 Å². The van der Waals surface area contributed by atoms with Crippen molar-refractivity contribution >= 4 is 24.6 Å². The summed E-state index contributed by atoms with van der Waals surface area (Å²) in [6, 6.07) is 7.01. The molecule has 2 amide bonds. The van der Waals surface area contributed by atoms with E-state index in [-0.39, 0.29) is 30.1 Å². The molecule has 1 aromatic carbocycles. The number of hydrogen-bond donors (Lipinski definition) is 1. The summed E-state index contributed by atoms with van der Waals surface area (Å²) in [6.45, 7) is 10.7. The summed E-state index contributed by atoms with van der Waals surface area (Å²) in [7, 11) is -0.352. The average molecular weight is 370 g/mol. The number of benzene rings is 1. The summed E-state index contributed by atoms with van der Waals surface area (Å²) in [4.78, 5) is 25.8. The minimum absolute atomic E-state index is 0.0496. The number of anilines is 1. The number of carbonyl (C=O) groups excluding carboxylic acids is 2. The van der Waals surface area contributed by atoms with Gasteiger partial charge in [0.15, 0.2) is 0 Å². The Morgan fingerprint density at radius 3 is 2.37 bits per heavy atom. The zero-order valence-electron chi connectivity index (χ0n) is 16.7. The fourth-order valence-electron chi connectivity index (χ4n) is 3.19. The zero-order valence-corrected chi connectivity index (χ0v) is 16.7. The third kappa shape index (κ3) is 4.09. The van der Waals surface area contributed by atoms with Crippen molar-refractivity contribution in [2.45, 2.75) is 52.2 Å². The fourth-order valence-corrected chi connectivity index (χ4v) is 3.19. The molecule has 0 aromatic heterocycles. The van der Waals surface area contributed by atoms with Gasteiger partial charge in [0.2, 0.25) is 5.91 Å². The maximum atomic E-state index is 12.8. The van der Waals surface area contributed by atoms with Crippen LogP contribution in [0.4, 0.5) is 5.69 Å². The van der Waals surface area contributed by atoms with Crippen LogP contribution in [0.3, 0.4) is 0 Å². The lowest BCUT2D eigenvalue weighted by Gasteiger charge is -2.32. The second kappa shape index (κ2) is 7.13. The molecule has 0 aliphatic carbocycles. The van der Waals surface area contributed by atoms with Crippen molar-refractivity contribution in [1.82, 2.24) is 4.90 Å². The maximum absolute atomic E-state index is 12.8. The van der Waals surface area contributed by atoms with Crippen LogP contribution in [-0.2, 0) is 14.1 Å². The van der Waals surface area contributed by atoms with Crippen LogP contribution in [0.25, 0.3) is 0 Å². The molecule has 2 aliphatic rings. The average Bonchev–Trinajstić information content (AvgIpc) is 2.82. The van der Waals surface area contributed by atoms with Crippen LogP contribution in [0, 0.1) is 0 Å². The van der Waals surface area contributed by atoms with Gasteiger partial charge in [-0.2, -0.15) is 0 Å². The molecule has 2 aliphatic heterocycles. The normalized spacial score (nSPS) is 21.0. The van der Waals surface area contributed by atoms with E-state index in [1.54, 1.807) is 29.2 Å². The lowest BCUT2D eigenvalue weighted by molar-refractivity contribution is -0.114. The lowest BCUT2D eigenvalue weighted by atomic mass is 9.74. The van der Waals surface area contributed by atoms with Crippen molar-refractivity contribution in [3.8, 4) is 0 Å². The highest BCUT2D eigenvalue weighted by atomic mass is 16.7. The predicted molar refractivity (Wildman–Crippen MR) is 105 cm³/mol. The second-order valence-corrected chi connectivity index (χ2v) is 8.13. The van der Waals surface area contributed by atoms with E-state index in [2.05, 4.69) is 5.32 Å². The Bertz CT molecular complexity index is 772. The predicted octanol–water partition coefficient (Wildman–Crippen LogP) is 3.05. The van der Waals surface area contributed by atoms with Gasteiger partial charge in [0.05, 0.1) is 11.2 Å². The Morgan fingerprint density at radius 2 is 1.81 bits per heavy atom. The molecular formula is C20H27BN2O4. The first-order valence-corrected chi connectivity index (χ1v) is 9.30. The topological polar surface area (TPSA) is 67.9 Å². The van der Waals surface area contributed by atoms with Gasteiger partial charge < -0.3 is 19.5 Å². The summed E-state index contributed by atoms with van der Waals surface area (Å²) in [5.74, 6) is -0.209. The first-order chi connectivity index (χ1) is 12.6. The van der Waals surface area contributed by atoms with Crippen LogP contribution in [0.2, 0.25) is 0 Å². The van der Waals surface area contributed by atoms with Gasteiger partial charge in [-0.1, -0.05) is 12.1 Å². The van der Waals surface area contributed by atoms with Crippen LogP contribution in [0.5, 0.6) is 0 Å². The van der Waals surface area contributed by atoms with Gasteiger partial charge in [-0.15, -0.1) is 0 Å². The fraction of sp³-hybridized carbons (Fsp3) is 0.500. The first kappa shape index (κ1) is 19.6. The van der Waals surface area contributed by atoms with Gasteiger partial charge in [0.1, 0.15) is 0 Å². The van der Waals surface area contributed by atoms with E-state index < -0.39 is 0 Å². The van der Waals surface area contributed by atoms with Crippen LogP contribution in [0.1, 0.15) is 51.4 Å². The van der Waals surface area contributed by atoms with Crippen molar-refractivity contribution in [3.63, 3.8) is 0 Å². The molecule has 0 atom stereocenters. The minimum atomic E-state index is -0.365. The van der Waals surface area contributed by atoms with Crippen LogP contribution in [-0.4, -0.2) is 48.1 Å². The Morgan fingerprint density at radius 1 is 1.15 bits per heavy atom. The molecule has 3 rings (SSSR count). The smallest absolute Gasteiger partial charge is 0.400 e. The molecule has 0 unspecified atom stereocenters. The van der Waals surface area contributed by atoms with Crippen molar-refractivity contribution in [3.05, 3.63) is 41.4 Å². The first-order valence-electron chi connectivity index (χ1n) is 9.30. The molecule has 6 nitrogen and oxygen atoms in total. The molecule has 0 radical (unpaired) electrons. The third-order valence-electron chi connectivity index (χ3n) is 5.52. The van der Waals surface area contributed by atoms with Gasteiger partial charge in [0.25, 0.3) is 5.91 Å². The monoisotopic (exact) mass is 370 g/mol. The molecule has 144 valence electrons. The van der Waals surface area contributed by atoms with Crippen LogP contribution < -0.4 is 5.32 Å². The Balaban J connectivity index is 1.67. The molecular weight excluding hydrogens is 343 g/mol. The molecule has 1 N–H and O–H groups in total. The molecule has 1 aromatic rings. The third-order valence-corrected chi connectivity index (χ3v) is 5.52. The Kier molecular flexibility index (Phi) is 5.19. The summed E-state index contributed by atoms with van der Waals surface area (Å²) < 4.78 is 12.2. The highest BCUT2D eigenvalue weighted by molar-refractivity contribution is 6.54. The number of nitrogens with one attached hydrogen (secondary N) is 1. The van der Waals surface area contributed by atoms with Crippen molar-refractivity contribution in [1.29, 1.82) is 0 Å². The van der Waals surface area contributed by atoms with E-state index in [1.165, 1.54) is 6.92 Å². The standard InChI is InChI=1S/C20H27BN2O4/c1-14(24)22-17-8-6-7-15(13-17)18(25)23-11-9-16(10-12-23)21-26-19(2,3)20(4,5)27-21/h6-9,13H,10-12H2,1-5H3,(H,22,24). The quantitative estimate of drug-likeness (QED) is 0.831. The van der Waals surface area contributed by atoms with Crippen molar-refractivity contribution < 1.29 is 18.9 Å². The summed E-state index contributed by atoms with van der Waals surface area (Å²) >= 11 is 0. The van der Waals surface area contributed by atoms with Gasteiger partial charge in [0, 0.05) is 31.3 Å². The largest absolute Gasteiger partial charge is 0.490 e. The van der Waals surface area contributed by atoms with E-state index in [9.17, 15) is 9.59 Å². The molecule has 7 heteroatoms. The molecule has 0 spiro atoms. The number of carbonyl (C=O) groups is 2. The van der Waals surface area contributed by atoms with E-state index >= 15 is 0 Å². The Hall–Kier alpha value is -2.12. The van der Waals surface area contributed by atoms with Gasteiger partial charge in [-0.05, 0) is 57.8 Å². The number of nitrogens with zero attached hydrogens (tertiary/aromatic N) is 1. The van der Waals surface area contributed by atoms with Crippen LogP contribution in [0.15, 0.2) is 35.8 Å². The van der Waals surface area contributed by atoms with E-state index in [0.29, 0.717) is 30.8 Å². The number of hydrogen-bond acceptors (Lipinski definition) is 4. The summed E-state index contributed by atoms with van der Waals surface area (Å²) in [5, 5.41) is 2.71. The minimum Gasteiger partial charge on any atom is -0.400 e. The molecule has 27 heavy (non-hydrogen) atoms. The van der Waals surface area contributed by atoms with Crippen molar-refractivity contribution in [2.75, 3.05) is 18.4 Å².